The molecule has 3 aromatic carbocycles. The van der Waals surface area contributed by atoms with Crippen LogP contribution < -0.4 is 5.01 Å². The Hall–Kier alpha value is -3.66. The van der Waals surface area contributed by atoms with Gasteiger partial charge in [0.05, 0.1) is 17.0 Å². The van der Waals surface area contributed by atoms with Gasteiger partial charge in [-0.05, 0) is 30.2 Å². The number of hydrazone groups is 1. The predicted molar refractivity (Wildman–Crippen MR) is 117 cm³/mol. The number of amides is 1. The zero-order valence-electron chi connectivity index (χ0n) is 16.4. The van der Waals surface area contributed by atoms with Crippen LogP contribution in [0.4, 0.5) is 5.69 Å². The highest BCUT2D eigenvalue weighted by atomic mass is 16.2. The van der Waals surface area contributed by atoms with Crippen LogP contribution in [0.15, 0.2) is 108 Å². The number of carbonyl (C=O) groups is 1. The van der Waals surface area contributed by atoms with E-state index >= 15 is 0 Å². The van der Waals surface area contributed by atoms with Crippen molar-refractivity contribution < 1.29 is 4.79 Å². The van der Waals surface area contributed by atoms with Crippen molar-refractivity contribution in [1.82, 2.24) is 4.90 Å². The van der Waals surface area contributed by atoms with Gasteiger partial charge >= 0.3 is 0 Å². The number of hydrogen-bond donors (Lipinski definition) is 0. The zero-order chi connectivity index (χ0) is 20.1. The van der Waals surface area contributed by atoms with E-state index in [2.05, 4.69) is 34.3 Å². The van der Waals surface area contributed by atoms with Crippen molar-refractivity contribution >= 4 is 17.3 Å². The molecule has 3 aromatic rings. The lowest BCUT2D eigenvalue weighted by atomic mass is 10.1. The largest absolute Gasteiger partial charge is 0.368 e. The quantitative estimate of drug-likeness (QED) is 0.564. The number of carbonyl (C=O) groups excluding carboxylic acids is 1. The van der Waals surface area contributed by atoms with Gasteiger partial charge in [-0.25, -0.2) is 0 Å². The minimum Gasteiger partial charge on any atom is -0.368 e. The molecule has 0 aromatic heterocycles. The van der Waals surface area contributed by atoms with Crippen LogP contribution in [0.1, 0.15) is 18.1 Å². The van der Waals surface area contributed by atoms with Crippen LogP contribution >= 0.6 is 0 Å². The Morgan fingerprint density at radius 1 is 0.793 bits per heavy atom. The molecule has 4 heteroatoms. The Morgan fingerprint density at radius 2 is 1.28 bits per heavy atom. The van der Waals surface area contributed by atoms with Crippen LogP contribution in [0.2, 0.25) is 0 Å². The normalized spacial score (nSPS) is 14.9. The second-order valence-electron chi connectivity index (χ2n) is 7.06. The molecule has 0 atom stereocenters. The summed E-state index contributed by atoms with van der Waals surface area (Å²) in [7, 11) is 0. The van der Waals surface area contributed by atoms with Crippen LogP contribution in [0.5, 0.6) is 0 Å². The van der Waals surface area contributed by atoms with Gasteiger partial charge in [0, 0.05) is 19.3 Å². The van der Waals surface area contributed by atoms with Crippen LogP contribution in [-0.4, -0.2) is 16.5 Å². The highest BCUT2D eigenvalue weighted by Crippen LogP contribution is 2.24. The van der Waals surface area contributed by atoms with Crippen LogP contribution in [0, 0.1) is 0 Å². The molecule has 0 saturated heterocycles. The van der Waals surface area contributed by atoms with Gasteiger partial charge in [0.1, 0.15) is 0 Å². The Morgan fingerprint density at radius 3 is 1.79 bits per heavy atom. The lowest BCUT2D eigenvalue weighted by Gasteiger charge is -2.22. The van der Waals surface area contributed by atoms with E-state index in [0.717, 1.165) is 11.4 Å². The van der Waals surface area contributed by atoms with Crippen molar-refractivity contribution in [1.29, 1.82) is 0 Å². The first-order valence-electron chi connectivity index (χ1n) is 9.69. The third kappa shape index (κ3) is 4.43. The van der Waals surface area contributed by atoms with E-state index in [-0.39, 0.29) is 5.91 Å². The van der Waals surface area contributed by atoms with Crippen LogP contribution in [0.25, 0.3) is 0 Å². The number of nitrogens with zero attached hydrogens (tertiary/aromatic N) is 3. The van der Waals surface area contributed by atoms with Crippen LogP contribution in [-0.2, 0) is 17.9 Å². The summed E-state index contributed by atoms with van der Waals surface area (Å²) in [6.07, 6.45) is 1.95. The molecule has 1 amide bonds. The first kappa shape index (κ1) is 18.7. The molecule has 0 saturated carbocycles. The molecule has 4 rings (SSSR count). The van der Waals surface area contributed by atoms with Gasteiger partial charge in [0.15, 0.2) is 0 Å². The highest BCUT2D eigenvalue weighted by Gasteiger charge is 2.29. The Labute approximate surface area is 171 Å². The van der Waals surface area contributed by atoms with Gasteiger partial charge < -0.3 is 4.90 Å². The van der Waals surface area contributed by atoms with E-state index in [4.69, 9.17) is 0 Å². The van der Waals surface area contributed by atoms with Crippen molar-refractivity contribution in [2.24, 2.45) is 5.10 Å². The summed E-state index contributed by atoms with van der Waals surface area (Å²) in [5.41, 5.74) is 4.52. The van der Waals surface area contributed by atoms with Crippen molar-refractivity contribution in [2.75, 3.05) is 5.01 Å². The second kappa shape index (κ2) is 8.57. The Kier molecular flexibility index (Phi) is 5.52. The third-order valence-corrected chi connectivity index (χ3v) is 4.83. The molecule has 0 radical (unpaired) electrons. The maximum atomic E-state index is 13.1. The molecule has 29 heavy (non-hydrogen) atoms. The molecule has 1 aliphatic rings. The molecule has 1 aliphatic heterocycles. The SMILES string of the molecule is CC1=NN(c2ccccc2)C(=O)C1=CN(Cc1ccccc1)Cc1ccccc1. The van der Waals surface area contributed by atoms with E-state index in [0.29, 0.717) is 18.7 Å². The summed E-state index contributed by atoms with van der Waals surface area (Å²) in [5, 5.41) is 5.97. The van der Waals surface area contributed by atoms with E-state index in [1.807, 2.05) is 79.9 Å². The fourth-order valence-electron chi connectivity index (χ4n) is 3.38. The Balaban J connectivity index is 1.62. The molecule has 0 fully saturated rings. The number of hydrogen-bond acceptors (Lipinski definition) is 3. The first-order chi connectivity index (χ1) is 14.2. The summed E-state index contributed by atoms with van der Waals surface area (Å²) in [6, 6.07) is 30.1. The molecule has 4 nitrogen and oxygen atoms in total. The van der Waals surface area contributed by atoms with Gasteiger partial charge in [-0.15, -0.1) is 0 Å². The van der Waals surface area contributed by atoms with Gasteiger partial charge in [-0.2, -0.15) is 10.1 Å². The molecule has 0 unspecified atom stereocenters. The lowest BCUT2D eigenvalue weighted by molar-refractivity contribution is -0.114. The Bertz CT molecular complexity index is 986. The highest BCUT2D eigenvalue weighted by molar-refractivity contribution is 6.29. The number of para-hydroxylation sites is 1. The van der Waals surface area contributed by atoms with E-state index in [9.17, 15) is 4.79 Å². The lowest BCUT2D eigenvalue weighted by Crippen LogP contribution is -2.24. The molecule has 1 heterocycles. The maximum Gasteiger partial charge on any atom is 0.282 e. The summed E-state index contributed by atoms with van der Waals surface area (Å²) in [6.45, 7) is 3.31. The minimum atomic E-state index is -0.0974. The molecule has 0 N–H and O–H groups in total. The summed E-state index contributed by atoms with van der Waals surface area (Å²) < 4.78 is 0. The van der Waals surface area contributed by atoms with E-state index < -0.39 is 0 Å². The molecule has 144 valence electrons. The summed E-state index contributed by atoms with van der Waals surface area (Å²) in [5.74, 6) is -0.0974. The standard InChI is InChI=1S/C25H23N3O/c1-20-24(25(29)28(26-20)23-15-9-4-10-16-23)19-27(17-21-11-5-2-6-12-21)18-22-13-7-3-8-14-22/h2-16,19H,17-18H2,1H3. The molecule has 0 aliphatic carbocycles. The smallest absolute Gasteiger partial charge is 0.282 e. The van der Waals surface area contributed by atoms with E-state index in [1.165, 1.54) is 16.1 Å². The first-order valence-corrected chi connectivity index (χ1v) is 9.69. The van der Waals surface area contributed by atoms with Crippen molar-refractivity contribution in [2.45, 2.75) is 20.0 Å². The molecular weight excluding hydrogens is 358 g/mol. The van der Waals surface area contributed by atoms with E-state index in [1.54, 1.807) is 0 Å². The van der Waals surface area contributed by atoms with Crippen molar-refractivity contribution in [3.63, 3.8) is 0 Å². The maximum absolute atomic E-state index is 13.1. The monoisotopic (exact) mass is 381 g/mol. The number of anilines is 1. The van der Waals surface area contributed by atoms with Gasteiger partial charge in [-0.3, -0.25) is 4.79 Å². The van der Waals surface area contributed by atoms with Gasteiger partial charge in [-0.1, -0.05) is 78.9 Å². The third-order valence-electron chi connectivity index (χ3n) is 4.83. The summed E-state index contributed by atoms with van der Waals surface area (Å²) >= 11 is 0. The second-order valence-corrected chi connectivity index (χ2v) is 7.06. The average molecular weight is 381 g/mol. The minimum absolute atomic E-state index is 0.0974. The average Bonchev–Trinajstić information content (AvgIpc) is 3.04. The van der Waals surface area contributed by atoms with Crippen molar-refractivity contribution in [3.8, 4) is 0 Å². The fourth-order valence-corrected chi connectivity index (χ4v) is 3.38. The number of rotatable bonds is 6. The zero-order valence-corrected chi connectivity index (χ0v) is 16.4. The molecule has 0 bridgehead atoms. The van der Waals surface area contributed by atoms with Gasteiger partial charge in [0.2, 0.25) is 0 Å². The fraction of sp³-hybridized carbons (Fsp3) is 0.120. The van der Waals surface area contributed by atoms with Crippen molar-refractivity contribution in [3.05, 3.63) is 114 Å². The van der Waals surface area contributed by atoms with Crippen LogP contribution in [0.3, 0.4) is 0 Å². The van der Waals surface area contributed by atoms with Gasteiger partial charge in [0.25, 0.3) is 5.91 Å². The molecular formula is C25H23N3O. The summed E-state index contributed by atoms with van der Waals surface area (Å²) in [4.78, 5) is 15.2. The predicted octanol–water partition coefficient (Wildman–Crippen LogP) is 5.00. The molecule has 0 spiro atoms. The number of benzene rings is 3. The topological polar surface area (TPSA) is 35.9 Å².